The average Bonchev–Trinajstić information content (AvgIpc) is 2.95. The minimum Gasteiger partial charge on any atom is -0.477 e. The van der Waals surface area contributed by atoms with Crippen molar-refractivity contribution in [1.82, 2.24) is 9.21 Å². The molecule has 1 aromatic heterocycles. The van der Waals surface area contributed by atoms with Crippen LogP contribution in [0.15, 0.2) is 16.3 Å². The molecule has 2 saturated heterocycles. The van der Waals surface area contributed by atoms with Crippen LogP contribution in [0, 0.1) is 0 Å². The Morgan fingerprint density at radius 1 is 1.33 bits per heavy atom. The van der Waals surface area contributed by atoms with E-state index in [9.17, 15) is 13.2 Å². The van der Waals surface area contributed by atoms with Gasteiger partial charge in [0.05, 0.1) is 0 Å². The van der Waals surface area contributed by atoms with Crippen LogP contribution in [-0.2, 0) is 10.0 Å². The molecule has 0 radical (unpaired) electrons. The van der Waals surface area contributed by atoms with Crippen molar-refractivity contribution in [2.75, 3.05) is 20.1 Å². The minimum atomic E-state index is -3.73. The van der Waals surface area contributed by atoms with Gasteiger partial charge in [-0.2, -0.15) is 4.31 Å². The van der Waals surface area contributed by atoms with Gasteiger partial charge >= 0.3 is 5.97 Å². The highest BCUT2D eigenvalue weighted by atomic mass is 32.2. The van der Waals surface area contributed by atoms with Gasteiger partial charge in [0.1, 0.15) is 9.77 Å². The van der Waals surface area contributed by atoms with Crippen molar-refractivity contribution in [2.45, 2.75) is 36.2 Å². The summed E-state index contributed by atoms with van der Waals surface area (Å²) in [6.07, 6.45) is 2.93. The van der Waals surface area contributed by atoms with Gasteiger partial charge < -0.3 is 5.11 Å². The number of likely N-dealkylation sites (N-methyl/N-ethyl adjacent to an activating group) is 1. The van der Waals surface area contributed by atoms with Crippen molar-refractivity contribution in [3.63, 3.8) is 0 Å². The van der Waals surface area contributed by atoms with Crippen LogP contribution in [0.2, 0.25) is 0 Å². The SMILES string of the molecule is CN1C2CCC1CN(S(=O)(=O)c1ccsc1C(=O)O)CC2. The van der Waals surface area contributed by atoms with Crippen molar-refractivity contribution < 1.29 is 18.3 Å². The summed E-state index contributed by atoms with van der Waals surface area (Å²) in [5.74, 6) is -1.18. The van der Waals surface area contributed by atoms with Crippen LogP contribution in [0.1, 0.15) is 28.9 Å². The van der Waals surface area contributed by atoms with E-state index in [2.05, 4.69) is 4.90 Å². The fraction of sp³-hybridized carbons (Fsp3) is 0.615. The highest BCUT2D eigenvalue weighted by Crippen LogP contribution is 2.32. The first kappa shape index (κ1) is 15.0. The second kappa shape index (κ2) is 5.35. The van der Waals surface area contributed by atoms with E-state index in [1.54, 1.807) is 0 Å². The van der Waals surface area contributed by atoms with Crippen molar-refractivity contribution in [3.05, 3.63) is 16.3 Å². The van der Waals surface area contributed by atoms with Crippen molar-refractivity contribution >= 4 is 27.3 Å². The zero-order valence-corrected chi connectivity index (χ0v) is 13.4. The predicted molar refractivity (Wildman–Crippen MR) is 79.2 cm³/mol. The molecule has 6 nitrogen and oxygen atoms in total. The molecular weight excluding hydrogens is 312 g/mol. The molecule has 2 atom stereocenters. The summed E-state index contributed by atoms with van der Waals surface area (Å²) in [5.41, 5.74) is 0. The van der Waals surface area contributed by atoms with E-state index in [0.29, 0.717) is 19.1 Å². The van der Waals surface area contributed by atoms with E-state index >= 15 is 0 Å². The molecule has 2 aliphatic rings. The second-order valence-corrected chi connectivity index (χ2v) is 8.44. The van der Waals surface area contributed by atoms with Gasteiger partial charge in [0, 0.05) is 25.2 Å². The Labute approximate surface area is 128 Å². The largest absolute Gasteiger partial charge is 0.477 e. The molecule has 1 aromatic rings. The van der Waals surface area contributed by atoms with E-state index in [-0.39, 0.29) is 15.8 Å². The van der Waals surface area contributed by atoms with E-state index in [1.165, 1.54) is 15.8 Å². The number of thiophene rings is 1. The fourth-order valence-electron chi connectivity index (χ4n) is 3.29. The van der Waals surface area contributed by atoms with Crippen LogP contribution in [0.3, 0.4) is 0 Å². The van der Waals surface area contributed by atoms with E-state index in [0.717, 1.165) is 30.6 Å². The number of hydrogen-bond acceptors (Lipinski definition) is 5. The molecule has 0 aliphatic carbocycles. The number of aromatic carboxylic acids is 1. The molecule has 0 spiro atoms. The molecule has 0 saturated carbocycles. The maximum Gasteiger partial charge on any atom is 0.347 e. The smallest absolute Gasteiger partial charge is 0.347 e. The highest BCUT2D eigenvalue weighted by Gasteiger charge is 2.39. The lowest BCUT2D eigenvalue weighted by Gasteiger charge is -2.25. The number of carboxylic acid groups (broad SMARTS) is 1. The minimum absolute atomic E-state index is 0.0690. The third-order valence-corrected chi connectivity index (χ3v) is 7.49. The van der Waals surface area contributed by atoms with E-state index < -0.39 is 16.0 Å². The Morgan fingerprint density at radius 3 is 2.76 bits per heavy atom. The number of hydrogen-bond donors (Lipinski definition) is 1. The average molecular weight is 330 g/mol. The molecule has 1 N–H and O–H groups in total. The number of nitrogens with zero attached hydrogens (tertiary/aromatic N) is 2. The first-order chi connectivity index (χ1) is 9.91. The summed E-state index contributed by atoms with van der Waals surface area (Å²) in [7, 11) is -1.68. The Hall–Kier alpha value is -0.960. The summed E-state index contributed by atoms with van der Waals surface area (Å²) in [6, 6.07) is 2.08. The Balaban J connectivity index is 1.92. The van der Waals surface area contributed by atoms with Crippen LogP contribution in [0.25, 0.3) is 0 Å². The fourth-order valence-corrected chi connectivity index (χ4v) is 6.02. The monoisotopic (exact) mass is 330 g/mol. The molecule has 2 fully saturated rings. The summed E-state index contributed by atoms with van der Waals surface area (Å²) >= 11 is 0.954. The van der Waals surface area contributed by atoms with Crippen LogP contribution in [-0.4, -0.2) is 60.9 Å². The van der Waals surface area contributed by atoms with E-state index in [4.69, 9.17) is 5.11 Å². The van der Waals surface area contributed by atoms with Crippen LogP contribution in [0.5, 0.6) is 0 Å². The van der Waals surface area contributed by atoms with Crippen molar-refractivity contribution in [3.8, 4) is 0 Å². The lowest BCUT2D eigenvalue weighted by molar-refractivity contribution is 0.0698. The maximum absolute atomic E-state index is 12.8. The van der Waals surface area contributed by atoms with Crippen LogP contribution < -0.4 is 0 Å². The van der Waals surface area contributed by atoms with Crippen molar-refractivity contribution in [2.24, 2.45) is 0 Å². The molecule has 0 aromatic carbocycles. The number of carbonyl (C=O) groups is 1. The first-order valence-electron chi connectivity index (χ1n) is 6.94. The van der Waals surface area contributed by atoms with Gasteiger partial charge in [-0.05, 0) is 37.8 Å². The third-order valence-electron chi connectivity index (χ3n) is 4.55. The topological polar surface area (TPSA) is 77.9 Å². The normalized spacial score (nSPS) is 27.7. The van der Waals surface area contributed by atoms with Gasteiger partial charge in [0.15, 0.2) is 0 Å². The Morgan fingerprint density at radius 2 is 2.05 bits per heavy atom. The van der Waals surface area contributed by atoms with Gasteiger partial charge in [-0.3, -0.25) is 4.90 Å². The molecule has 3 rings (SSSR count). The number of rotatable bonds is 3. The third kappa shape index (κ3) is 2.50. The molecule has 0 amide bonds. The molecule has 116 valence electrons. The zero-order chi connectivity index (χ0) is 15.2. The Bertz CT molecular complexity index is 655. The van der Waals surface area contributed by atoms with Gasteiger partial charge in [-0.15, -0.1) is 11.3 Å². The molecule has 2 bridgehead atoms. The second-order valence-electron chi connectivity index (χ2n) is 5.62. The van der Waals surface area contributed by atoms with Crippen LogP contribution >= 0.6 is 11.3 Å². The van der Waals surface area contributed by atoms with Crippen molar-refractivity contribution in [1.29, 1.82) is 0 Å². The number of carboxylic acids is 1. The lowest BCUT2D eigenvalue weighted by Crippen LogP contribution is -2.39. The summed E-state index contributed by atoms with van der Waals surface area (Å²) in [5, 5.41) is 10.7. The molecule has 8 heteroatoms. The molecule has 2 aliphatic heterocycles. The maximum atomic E-state index is 12.8. The molecular formula is C13H18N2O4S2. The van der Waals surface area contributed by atoms with Gasteiger partial charge in [0.2, 0.25) is 10.0 Å². The van der Waals surface area contributed by atoms with Crippen LogP contribution in [0.4, 0.5) is 0 Å². The Kier molecular flexibility index (Phi) is 3.81. The zero-order valence-electron chi connectivity index (χ0n) is 11.7. The summed E-state index contributed by atoms with van der Waals surface area (Å²) in [4.78, 5) is 13.3. The number of sulfonamides is 1. The van der Waals surface area contributed by atoms with Gasteiger partial charge in [-0.1, -0.05) is 0 Å². The first-order valence-corrected chi connectivity index (χ1v) is 9.26. The van der Waals surface area contributed by atoms with Gasteiger partial charge in [-0.25, -0.2) is 13.2 Å². The quantitative estimate of drug-likeness (QED) is 0.904. The molecule has 3 heterocycles. The summed E-state index contributed by atoms with van der Waals surface area (Å²) < 4.78 is 27.0. The van der Waals surface area contributed by atoms with Gasteiger partial charge in [0.25, 0.3) is 0 Å². The standard InChI is InChI=1S/C13H18N2O4S2/c1-14-9-2-3-10(14)8-15(6-4-9)21(18,19)11-5-7-20-12(11)13(16)17/h5,7,9-10H,2-4,6,8H2,1H3,(H,16,17). The highest BCUT2D eigenvalue weighted by molar-refractivity contribution is 7.89. The lowest BCUT2D eigenvalue weighted by atomic mass is 10.1. The number of fused-ring (bicyclic) bond motifs is 2. The van der Waals surface area contributed by atoms with E-state index in [1.807, 2.05) is 7.05 Å². The predicted octanol–water partition coefficient (Wildman–Crippen LogP) is 1.30. The molecule has 2 unspecified atom stereocenters. The molecule has 21 heavy (non-hydrogen) atoms. The summed E-state index contributed by atoms with van der Waals surface area (Å²) in [6.45, 7) is 0.910.